The van der Waals surface area contributed by atoms with Gasteiger partial charge in [0.25, 0.3) is 0 Å². The van der Waals surface area contributed by atoms with Gasteiger partial charge in [0.05, 0.1) is 11.4 Å². The van der Waals surface area contributed by atoms with E-state index in [9.17, 15) is 4.79 Å². The number of nitrogens with zero attached hydrogens (tertiary/aromatic N) is 2. The van der Waals surface area contributed by atoms with E-state index < -0.39 is 5.97 Å². The minimum absolute atomic E-state index is 0.187. The van der Waals surface area contributed by atoms with Crippen molar-refractivity contribution < 1.29 is 9.90 Å². The summed E-state index contributed by atoms with van der Waals surface area (Å²) in [6.07, 6.45) is 1.89. The van der Waals surface area contributed by atoms with Crippen LogP contribution in [0, 0.1) is 13.8 Å². The van der Waals surface area contributed by atoms with Gasteiger partial charge in [-0.2, -0.15) is 0 Å². The van der Waals surface area contributed by atoms with Gasteiger partial charge in [0.15, 0.2) is 0 Å². The molecule has 3 aromatic rings. The number of thiophene rings is 1. The summed E-state index contributed by atoms with van der Waals surface area (Å²) in [6, 6.07) is 1.92. The van der Waals surface area contributed by atoms with E-state index >= 15 is 0 Å². The van der Waals surface area contributed by atoms with E-state index in [1.807, 2.05) is 30.5 Å². The molecule has 0 saturated carbocycles. The van der Waals surface area contributed by atoms with E-state index in [0.717, 1.165) is 27.1 Å². The van der Waals surface area contributed by atoms with Crippen LogP contribution < -0.4 is 5.73 Å². The highest BCUT2D eigenvalue weighted by molar-refractivity contribution is 7.21. The number of pyridine rings is 1. The average molecular weight is 261 g/mol. The summed E-state index contributed by atoms with van der Waals surface area (Å²) < 4.78 is 1.89. The van der Waals surface area contributed by atoms with Crippen LogP contribution in [-0.4, -0.2) is 20.5 Å². The summed E-state index contributed by atoms with van der Waals surface area (Å²) in [5.74, 6) is -0.988. The molecule has 3 N–H and O–H groups in total. The molecule has 6 heteroatoms. The number of rotatable bonds is 1. The summed E-state index contributed by atoms with van der Waals surface area (Å²) in [4.78, 5) is 16.6. The third-order valence-electron chi connectivity index (χ3n) is 2.93. The molecule has 0 aromatic carbocycles. The fourth-order valence-electron chi connectivity index (χ4n) is 2.19. The van der Waals surface area contributed by atoms with Gasteiger partial charge in [-0.1, -0.05) is 0 Å². The van der Waals surface area contributed by atoms with Crippen molar-refractivity contribution in [3.8, 4) is 0 Å². The van der Waals surface area contributed by atoms with Crippen molar-refractivity contribution in [2.24, 2.45) is 0 Å². The van der Waals surface area contributed by atoms with Gasteiger partial charge in [-0.05, 0) is 25.5 Å². The van der Waals surface area contributed by atoms with Crippen molar-refractivity contribution in [1.82, 2.24) is 9.38 Å². The molecule has 92 valence electrons. The quantitative estimate of drug-likeness (QED) is 0.705. The normalized spacial score (nSPS) is 11.4. The van der Waals surface area contributed by atoms with Gasteiger partial charge in [-0.25, -0.2) is 9.78 Å². The first-order valence-corrected chi connectivity index (χ1v) is 6.21. The number of nitrogen functional groups attached to an aromatic ring is 1. The Morgan fingerprint density at radius 2 is 2.22 bits per heavy atom. The number of hydrogen-bond acceptors (Lipinski definition) is 4. The van der Waals surface area contributed by atoms with Crippen molar-refractivity contribution in [2.75, 3.05) is 5.73 Å². The van der Waals surface area contributed by atoms with Gasteiger partial charge in [-0.3, -0.25) is 4.40 Å². The number of fused-ring (bicyclic) bond motifs is 3. The van der Waals surface area contributed by atoms with Gasteiger partial charge in [0.2, 0.25) is 0 Å². The zero-order valence-electron chi connectivity index (χ0n) is 9.89. The number of aromatic carboxylic acids is 1. The highest BCUT2D eigenvalue weighted by Gasteiger charge is 2.19. The number of carboxylic acid groups (broad SMARTS) is 1. The Kier molecular flexibility index (Phi) is 2.12. The molecule has 3 heterocycles. The minimum Gasteiger partial charge on any atom is -0.477 e. The maximum absolute atomic E-state index is 11.1. The molecule has 0 amide bonds. The molecule has 0 bridgehead atoms. The number of anilines is 1. The fourth-order valence-corrected chi connectivity index (χ4v) is 3.30. The van der Waals surface area contributed by atoms with E-state index in [1.54, 1.807) is 0 Å². The third kappa shape index (κ3) is 1.32. The standard InChI is InChI=1S/C12H11N3O2S/c1-5-3-7-14-6(2)4-15(7)11-8(5)9(13)10(18-11)12(16)17/h3-4H,13H2,1-2H3,(H,16,17). The Hall–Kier alpha value is -2.08. The molecule has 3 aromatic heterocycles. The monoisotopic (exact) mass is 261 g/mol. The van der Waals surface area contributed by atoms with Crippen molar-refractivity contribution in [1.29, 1.82) is 0 Å². The van der Waals surface area contributed by atoms with Crippen LogP contribution in [0.2, 0.25) is 0 Å². The van der Waals surface area contributed by atoms with Gasteiger partial charge in [0.1, 0.15) is 15.4 Å². The smallest absolute Gasteiger partial charge is 0.348 e. The average Bonchev–Trinajstić information content (AvgIpc) is 2.79. The van der Waals surface area contributed by atoms with Crippen molar-refractivity contribution >= 4 is 38.9 Å². The molecule has 0 aliphatic carbocycles. The lowest BCUT2D eigenvalue weighted by atomic mass is 10.1. The molecule has 0 spiro atoms. The minimum atomic E-state index is -0.988. The number of aromatic nitrogens is 2. The maximum atomic E-state index is 11.1. The highest BCUT2D eigenvalue weighted by atomic mass is 32.1. The van der Waals surface area contributed by atoms with Crippen molar-refractivity contribution in [3.05, 3.63) is 28.4 Å². The summed E-state index contributed by atoms with van der Waals surface area (Å²) in [5, 5.41) is 9.95. The summed E-state index contributed by atoms with van der Waals surface area (Å²) in [6.45, 7) is 3.82. The number of hydrogen-bond donors (Lipinski definition) is 2. The lowest BCUT2D eigenvalue weighted by molar-refractivity contribution is 0.0703. The summed E-state index contributed by atoms with van der Waals surface area (Å²) in [5.41, 5.74) is 8.93. The molecule has 3 rings (SSSR count). The Balaban J connectivity index is 2.56. The lowest BCUT2D eigenvalue weighted by Crippen LogP contribution is -1.97. The zero-order chi connectivity index (χ0) is 13.0. The maximum Gasteiger partial charge on any atom is 0.348 e. The highest BCUT2D eigenvalue weighted by Crippen LogP contribution is 2.36. The van der Waals surface area contributed by atoms with Crippen LogP contribution in [0.25, 0.3) is 15.9 Å². The Labute approximate surface area is 106 Å². The number of nitrogens with two attached hydrogens (primary N) is 1. The van der Waals surface area contributed by atoms with Crippen LogP contribution in [0.3, 0.4) is 0 Å². The molecule has 0 unspecified atom stereocenters. The summed E-state index contributed by atoms with van der Waals surface area (Å²) >= 11 is 1.19. The van der Waals surface area contributed by atoms with Gasteiger partial charge >= 0.3 is 5.97 Å². The summed E-state index contributed by atoms with van der Waals surface area (Å²) in [7, 11) is 0. The van der Waals surface area contributed by atoms with Crippen LogP contribution in [0.5, 0.6) is 0 Å². The van der Waals surface area contributed by atoms with Crippen molar-refractivity contribution in [2.45, 2.75) is 13.8 Å². The second-order valence-corrected chi connectivity index (χ2v) is 5.27. The first kappa shape index (κ1) is 11.0. The first-order chi connectivity index (χ1) is 8.49. The van der Waals surface area contributed by atoms with E-state index in [2.05, 4.69) is 4.98 Å². The van der Waals surface area contributed by atoms with Crippen LogP contribution in [-0.2, 0) is 0 Å². The second-order valence-electron chi connectivity index (χ2n) is 4.27. The number of aryl methyl sites for hydroxylation is 2. The molecule has 0 saturated heterocycles. The number of carbonyl (C=O) groups is 1. The van der Waals surface area contributed by atoms with E-state index in [0.29, 0.717) is 5.69 Å². The molecule has 0 atom stereocenters. The number of carboxylic acids is 1. The van der Waals surface area contributed by atoms with E-state index in [4.69, 9.17) is 10.8 Å². The fraction of sp³-hybridized carbons (Fsp3) is 0.167. The second kappa shape index (κ2) is 3.46. The lowest BCUT2D eigenvalue weighted by Gasteiger charge is -2.01. The Morgan fingerprint density at radius 3 is 2.89 bits per heavy atom. The third-order valence-corrected chi connectivity index (χ3v) is 4.13. The van der Waals surface area contributed by atoms with Gasteiger partial charge in [-0.15, -0.1) is 11.3 Å². The molecular formula is C12H11N3O2S. The van der Waals surface area contributed by atoms with Crippen LogP contribution in [0.1, 0.15) is 20.9 Å². The molecule has 0 radical (unpaired) electrons. The van der Waals surface area contributed by atoms with Gasteiger partial charge < -0.3 is 10.8 Å². The molecule has 0 aliphatic heterocycles. The largest absolute Gasteiger partial charge is 0.477 e. The molecule has 0 fully saturated rings. The van der Waals surface area contributed by atoms with Crippen LogP contribution in [0.15, 0.2) is 12.3 Å². The Morgan fingerprint density at radius 1 is 1.50 bits per heavy atom. The van der Waals surface area contributed by atoms with Crippen LogP contribution >= 0.6 is 11.3 Å². The SMILES string of the molecule is Cc1cn2c(cc(C)c3c(N)c(C(=O)O)sc32)n1. The predicted molar refractivity (Wildman–Crippen MR) is 71.4 cm³/mol. The van der Waals surface area contributed by atoms with Crippen molar-refractivity contribution in [3.63, 3.8) is 0 Å². The van der Waals surface area contributed by atoms with Crippen LogP contribution in [0.4, 0.5) is 5.69 Å². The van der Waals surface area contributed by atoms with E-state index in [1.165, 1.54) is 11.3 Å². The van der Waals surface area contributed by atoms with Gasteiger partial charge in [0, 0.05) is 11.6 Å². The predicted octanol–water partition coefficient (Wildman–Crippen LogP) is 2.45. The molecule has 5 nitrogen and oxygen atoms in total. The topological polar surface area (TPSA) is 80.6 Å². The zero-order valence-corrected chi connectivity index (χ0v) is 10.7. The molecule has 0 aliphatic rings. The molecular weight excluding hydrogens is 250 g/mol. The first-order valence-electron chi connectivity index (χ1n) is 5.39. The van der Waals surface area contributed by atoms with E-state index in [-0.39, 0.29) is 4.88 Å². The number of imidazole rings is 1. The Bertz CT molecular complexity index is 801. The molecule has 18 heavy (non-hydrogen) atoms.